The minimum absolute atomic E-state index is 0.230. The molecule has 116 valence electrons. The number of methoxy groups -OCH3 is 1. The SMILES string of the molecule is COCCC(NC(=O)CC(C)(C)c1ccccc1)C(=O)O. The molecule has 1 aromatic rings. The van der Waals surface area contributed by atoms with Crippen LogP contribution in [0.2, 0.25) is 0 Å². The fourth-order valence-electron chi connectivity index (χ4n) is 2.13. The van der Waals surface area contributed by atoms with E-state index in [-0.39, 0.29) is 24.2 Å². The van der Waals surface area contributed by atoms with Gasteiger partial charge in [-0.25, -0.2) is 4.79 Å². The average molecular weight is 293 g/mol. The van der Waals surface area contributed by atoms with Crippen LogP contribution in [0.5, 0.6) is 0 Å². The number of carboxylic acids is 1. The average Bonchev–Trinajstić information content (AvgIpc) is 2.43. The summed E-state index contributed by atoms with van der Waals surface area (Å²) >= 11 is 0. The van der Waals surface area contributed by atoms with Gasteiger partial charge in [-0.05, 0) is 11.0 Å². The molecule has 1 amide bonds. The Labute approximate surface area is 125 Å². The van der Waals surface area contributed by atoms with Crippen molar-refractivity contribution < 1.29 is 19.4 Å². The van der Waals surface area contributed by atoms with E-state index in [2.05, 4.69) is 5.32 Å². The van der Waals surface area contributed by atoms with E-state index in [1.807, 2.05) is 44.2 Å². The molecule has 0 saturated carbocycles. The summed E-state index contributed by atoms with van der Waals surface area (Å²) in [6.45, 7) is 4.22. The maximum absolute atomic E-state index is 12.1. The first-order valence-corrected chi connectivity index (χ1v) is 6.93. The molecule has 1 aromatic carbocycles. The molecule has 0 saturated heterocycles. The van der Waals surface area contributed by atoms with E-state index in [4.69, 9.17) is 9.84 Å². The minimum Gasteiger partial charge on any atom is -0.480 e. The molecule has 0 bridgehead atoms. The monoisotopic (exact) mass is 293 g/mol. The Hall–Kier alpha value is -1.88. The highest BCUT2D eigenvalue weighted by molar-refractivity contribution is 5.84. The summed E-state index contributed by atoms with van der Waals surface area (Å²) in [4.78, 5) is 23.2. The normalized spacial score (nSPS) is 12.7. The van der Waals surface area contributed by atoms with Gasteiger partial charge >= 0.3 is 5.97 Å². The number of amides is 1. The lowest BCUT2D eigenvalue weighted by Crippen LogP contribution is -2.43. The van der Waals surface area contributed by atoms with Crippen molar-refractivity contribution in [3.63, 3.8) is 0 Å². The van der Waals surface area contributed by atoms with E-state index >= 15 is 0 Å². The van der Waals surface area contributed by atoms with Crippen LogP contribution >= 0.6 is 0 Å². The van der Waals surface area contributed by atoms with E-state index < -0.39 is 12.0 Å². The van der Waals surface area contributed by atoms with E-state index in [0.717, 1.165) is 5.56 Å². The van der Waals surface area contributed by atoms with Crippen LogP contribution in [-0.4, -0.2) is 36.7 Å². The molecule has 0 radical (unpaired) electrons. The number of carbonyl (C=O) groups excluding carboxylic acids is 1. The van der Waals surface area contributed by atoms with Crippen LogP contribution in [-0.2, 0) is 19.7 Å². The molecule has 0 spiro atoms. The molecule has 0 fully saturated rings. The van der Waals surface area contributed by atoms with Crippen molar-refractivity contribution >= 4 is 11.9 Å². The third kappa shape index (κ3) is 5.55. The number of carboxylic acid groups (broad SMARTS) is 1. The van der Waals surface area contributed by atoms with Gasteiger partial charge in [0, 0.05) is 26.6 Å². The Bertz CT molecular complexity index is 470. The first-order chi connectivity index (χ1) is 9.86. The van der Waals surface area contributed by atoms with E-state index in [1.165, 1.54) is 7.11 Å². The lowest BCUT2D eigenvalue weighted by Gasteiger charge is -2.25. The van der Waals surface area contributed by atoms with Crippen LogP contribution in [0.1, 0.15) is 32.3 Å². The number of hydrogen-bond acceptors (Lipinski definition) is 3. The molecule has 0 heterocycles. The summed E-state index contributed by atoms with van der Waals surface area (Å²) in [7, 11) is 1.50. The second kappa shape index (κ2) is 7.78. The smallest absolute Gasteiger partial charge is 0.326 e. The molecule has 1 rings (SSSR count). The van der Waals surface area contributed by atoms with Crippen LogP contribution < -0.4 is 5.32 Å². The van der Waals surface area contributed by atoms with Gasteiger partial charge in [-0.3, -0.25) is 4.79 Å². The fraction of sp³-hybridized carbons (Fsp3) is 0.500. The van der Waals surface area contributed by atoms with Crippen LogP contribution in [0.3, 0.4) is 0 Å². The Morgan fingerprint density at radius 2 is 1.90 bits per heavy atom. The second-order valence-electron chi connectivity index (χ2n) is 5.67. The van der Waals surface area contributed by atoms with Crippen molar-refractivity contribution in [1.82, 2.24) is 5.32 Å². The standard InChI is InChI=1S/C16H23NO4/c1-16(2,12-7-5-4-6-8-12)11-14(18)17-13(15(19)20)9-10-21-3/h4-8,13H,9-11H2,1-3H3,(H,17,18)(H,19,20). The molecule has 1 unspecified atom stereocenters. The molecule has 0 aromatic heterocycles. The highest BCUT2D eigenvalue weighted by Gasteiger charge is 2.27. The first kappa shape index (κ1) is 17.2. The number of rotatable bonds is 8. The zero-order chi connectivity index (χ0) is 15.9. The van der Waals surface area contributed by atoms with Gasteiger partial charge in [0.1, 0.15) is 6.04 Å². The number of hydrogen-bond donors (Lipinski definition) is 2. The molecule has 2 N–H and O–H groups in total. The Balaban J connectivity index is 2.65. The maximum atomic E-state index is 12.1. The topological polar surface area (TPSA) is 75.6 Å². The lowest BCUT2D eigenvalue weighted by molar-refractivity contribution is -0.142. The fourth-order valence-corrected chi connectivity index (χ4v) is 2.13. The molecular formula is C16H23NO4. The van der Waals surface area contributed by atoms with Gasteiger partial charge in [0.2, 0.25) is 5.91 Å². The lowest BCUT2D eigenvalue weighted by atomic mass is 9.81. The zero-order valence-corrected chi connectivity index (χ0v) is 12.8. The third-order valence-corrected chi connectivity index (χ3v) is 3.40. The van der Waals surface area contributed by atoms with Gasteiger partial charge in [-0.15, -0.1) is 0 Å². The Kier molecular flexibility index (Phi) is 6.37. The molecule has 21 heavy (non-hydrogen) atoms. The van der Waals surface area contributed by atoms with Gasteiger partial charge in [0.15, 0.2) is 0 Å². The van der Waals surface area contributed by atoms with Crippen molar-refractivity contribution in [1.29, 1.82) is 0 Å². The van der Waals surface area contributed by atoms with Gasteiger partial charge in [-0.1, -0.05) is 44.2 Å². The molecule has 5 nitrogen and oxygen atoms in total. The quantitative estimate of drug-likeness (QED) is 0.768. The highest BCUT2D eigenvalue weighted by Crippen LogP contribution is 2.26. The number of ether oxygens (including phenoxy) is 1. The second-order valence-corrected chi connectivity index (χ2v) is 5.67. The van der Waals surface area contributed by atoms with Crippen LogP contribution in [0.15, 0.2) is 30.3 Å². The Morgan fingerprint density at radius 1 is 1.29 bits per heavy atom. The predicted molar refractivity (Wildman–Crippen MR) is 80.1 cm³/mol. The zero-order valence-electron chi connectivity index (χ0n) is 12.8. The summed E-state index contributed by atoms with van der Waals surface area (Å²) in [6.07, 6.45) is 0.483. The van der Waals surface area contributed by atoms with Crippen LogP contribution in [0.25, 0.3) is 0 Å². The first-order valence-electron chi connectivity index (χ1n) is 6.93. The van der Waals surface area contributed by atoms with E-state index in [9.17, 15) is 9.59 Å². The summed E-state index contributed by atoms with van der Waals surface area (Å²) < 4.78 is 4.86. The van der Waals surface area contributed by atoms with Gasteiger partial charge in [0.05, 0.1) is 0 Å². The van der Waals surface area contributed by atoms with Crippen molar-refractivity contribution in [2.45, 2.75) is 38.1 Å². The van der Waals surface area contributed by atoms with Crippen molar-refractivity contribution in [3.8, 4) is 0 Å². The molecule has 5 heteroatoms. The van der Waals surface area contributed by atoms with E-state index in [0.29, 0.717) is 6.61 Å². The molecule has 0 aliphatic carbocycles. The summed E-state index contributed by atoms with van der Waals surface area (Å²) in [5.41, 5.74) is 0.694. The number of aliphatic carboxylic acids is 1. The van der Waals surface area contributed by atoms with Crippen molar-refractivity contribution in [2.75, 3.05) is 13.7 Å². The van der Waals surface area contributed by atoms with Gasteiger partial charge < -0.3 is 15.2 Å². The van der Waals surface area contributed by atoms with Crippen LogP contribution in [0.4, 0.5) is 0 Å². The number of benzene rings is 1. The van der Waals surface area contributed by atoms with Crippen LogP contribution in [0, 0.1) is 0 Å². The highest BCUT2D eigenvalue weighted by atomic mass is 16.5. The predicted octanol–water partition coefficient (Wildman–Crippen LogP) is 1.96. The van der Waals surface area contributed by atoms with Crippen molar-refractivity contribution in [3.05, 3.63) is 35.9 Å². The van der Waals surface area contributed by atoms with Crippen molar-refractivity contribution in [2.24, 2.45) is 0 Å². The largest absolute Gasteiger partial charge is 0.480 e. The third-order valence-electron chi connectivity index (χ3n) is 3.40. The summed E-state index contributed by atoms with van der Waals surface area (Å²) in [5, 5.41) is 11.7. The Morgan fingerprint density at radius 3 is 2.43 bits per heavy atom. The number of carbonyl (C=O) groups is 2. The molecular weight excluding hydrogens is 270 g/mol. The van der Waals surface area contributed by atoms with Gasteiger partial charge in [0.25, 0.3) is 0 Å². The molecule has 1 atom stereocenters. The molecule has 0 aliphatic heterocycles. The van der Waals surface area contributed by atoms with E-state index in [1.54, 1.807) is 0 Å². The minimum atomic E-state index is -1.04. The summed E-state index contributed by atoms with van der Waals surface area (Å²) in [5.74, 6) is -1.31. The van der Waals surface area contributed by atoms with Gasteiger partial charge in [-0.2, -0.15) is 0 Å². The maximum Gasteiger partial charge on any atom is 0.326 e. The number of nitrogens with one attached hydrogen (secondary N) is 1. The molecule has 0 aliphatic rings. The summed E-state index contributed by atoms with van der Waals surface area (Å²) in [6, 6.07) is 8.79.